The third kappa shape index (κ3) is 7.97. The summed E-state index contributed by atoms with van der Waals surface area (Å²) in [4.78, 5) is 28.3. The first-order valence-corrected chi connectivity index (χ1v) is 14.4. The summed E-state index contributed by atoms with van der Waals surface area (Å²) in [6, 6.07) is 20.5. The van der Waals surface area contributed by atoms with Crippen molar-refractivity contribution in [1.82, 2.24) is 10.2 Å². The monoisotopic (exact) mass is 571 g/mol. The molecule has 0 saturated carbocycles. The van der Waals surface area contributed by atoms with E-state index in [0.717, 1.165) is 4.31 Å². The molecule has 1 N–H and O–H groups in total. The predicted octanol–water partition coefficient (Wildman–Crippen LogP) is 4.73. The van der Waals surface area contributed by atoms with Crippen LogP contribution in [0.25, 0.3) is 0 Å². The first-order valence-electron chi connectivity index (χ1n) is 12.6. The van der Waals surface area contributed by atoms with Crippen LogP contribution in [0.5, 0.6) is 5.75 Å². The maximum atomic E-state index is 13.9. The van der Waals surface area contributed by atoms with Crippen LogP contribution in [-0.2, 0) is 26.2 Å². The van der Waals surface area contributed by atoms with Crippen molar-refractivity contribution in [2.24, 2.45) is 5.92 Å². The van der Waals surface area contributed by atoms with Crippen molar-refractivity contribution in [3.8, 4) is 5.75 Å². The Morgan fingerprint density at radius 3 is 2.28 bits per heavy atom. The zero-order valence-electron chi connectivity index (χ0n) is 22.5. The topological polar surface area (TPSA) is 96.0 Å². The molecule has 2 amide bonds. The highest BCUT2D eigenvalue weighted by Gasteiger charge is 2.32. The van der Waals surface area contributed by atoms with Crippen LogP contribution in [0.3, 0.4) is 0 Å². The van der Waals surface area contributed by atoms with Gasteiger partial charge in [0.2, 0.25) is 11.8 Å². The first-order chi connectivity index (χ1) is 18.5. The van der Waals surface area contributed by atoms with Gasteiger partial charge in [0.1, 0.15) is 18.3 Å². The molecule has 3 rings (SSSR count). The maximum absolute atomic E-state index is 13.9. The average molecular weight is 572 g/mol. The summed E-state index contributed by atoms with van der Waals surface area (Å²) >= 11 is 6.17. The largest absolute Gasteiger partial charge is 0.497 e. The lowest BCUT2D eigenvalue weighted by Gasteiger charge is -2.32. The zero-order valence-corrected chi connectivity index (χ0v) is 24.1. The fraction of sp³-hybridized carbons (Fsp3) is 0.310. The summed E-state index contributed by atoms with van der Waals surface area (Å²) in [5.74, 6) is -0.231. The van der Waals surface area contributed by atoms with Gasteiger partial charge < -0.3 is 15.0 Å². The number of rotatable bonds is 12. The van der Waals surface area contributed by atoms with E-state index < -0.39 is 28.5 Å². The van der Waals surface area contributed by atoms with Crippen molar-refractivity contribution in [1.29, 1.82) is 0 Å². The number of benzene rings is 3. The third-order valence-electron chi connectivity index (χ3n) is 6.05. The van der Waals surface area contributed by atoms with Gasteiger partial charge in [0.15, 0.2) is 0 Å². The van der Waals surface area contributed by atoms with Crippen molar-refractivity contribution in [3.05, 3.63) is 89.4 Å². The number of nitrogens with one attached hydrogen (secondary N) is 1. The number of ether oxygens (including phenoxy) is 1. The second-order valence-corrected chi connectivity index (χ2v) is 11.8. The Morgan fingerprint density at radius 2 is 1.64 bits per heavy atom. The highest BCUT2D eigenvalue weighted by Crippen LogP contribution is 2.27. The van der Waals surface area contributed by atoms with E-state index in [1.54, 1.807) is 73.7 Å². The van der Waals surface area contributed by atoms with Crippen LogP contribution in [0.4, 0.5) is 5.69 Å². The third-order valence-corrected chi connectivity index (χ3v) is 8.07. The van der Waals surface area contributed by atoms with Gasteiger partial charge in [-0.2, -0.15) is 0 Å². The molecular weight excluding hydrogens is 538 g/mol. The van der Waals surface area contributed by atoms with Gasteiger partial charge in [-0.1, -0.05) is 61.8 Å². The smallest absolute Gasteiger partial charge is 0.264 e. The van der Waals surface area contributed by atoms with Crippen molar-refractivity contribution in [2.75, 3.05) is 24.5 Å². The lowest BCUT2D eigenvalue weighted by molar-refractivity contribution is -0.139. The number of halogens is 1. The molecule has 3 aromatic carbocycles. The predicted molar refractivity (Wildman–Crippen MR) is 153 cm³/mol. The Hall–Kier alpha value is -3.56. The van der Waals surface area contributed by atoms with E-state index >= 15 is 0 Å². The Labute approximate surface area is 235 Å². The van der Waals surface area contributed by atoms with E-state index in [0.29, 0.717) is 22.9 Å². The second-order valence-electron chi connectivity index (χ2n) is 9.49. The minimum Gasteiger partial charge on any atom is -0.497 e. The van der Waals surface area contributed by atoms with Crippen molar-refractivity contribution >= 4 is 39.1 Å². The standard InChI is InChI=1S/C29H34ClN3O5S/c1-21(2)18-31-29(35)22(3)32(19-23-10-8-11-24(30)16-23)28(34)20-33(25-12-9-13-26(17-25)38-4)39(36,37)27-14-6-5-7-15-27/h5-17,21-22H,18-20H2,1-4H3,(H,31,35)/t22-/m1/s1. The van der Waals surface area contributed by atoms with Gasteiger partial charge >= 0.3 is 0 Å². The maximum Gasteiger partial charge on any atom is 0.264 e. The van der Waals surface area contributed by atoms with Crippen LogP contribution in [0.15, 0.2) is 83.8 Å². The molecule has 0 aliphatic rings. The lowest BCUT2D eigenvalue weighted by Crippen LogP contribution is -2.51. The summed E-state index contributed by atoms with van der Waals surface area (Å²) in [6.45, 7) is 5.54. The number of anilines is 1. The Morgan fingerprint density at radius 1 is 0.949 bits per heavy atom. The van der Waals surface area contributed by atoms with E-state index in [2.05, 4.69) is 5.32 Å². The number of carbonyl (C=O) groups is 2. The molecular formula is C29H34ClN3O5S. The molecule has 10 heteroatoms. The number of carbonyl (C=O) groups excluding carboxylic acids is 2. The van der Waals surface area contributed by atoms with Crippen LogP contribution in [-0.4, -0.2) is 51.4 Å². The van der Waals surface area contributed by atoms with Gasteiger partial charge in [0.05, 0.1) is 17.7 Å². The summed E-state index contributed by atoms with van der Waals surface area (Å²) in [7, 11) is -2.67. The molecule has 0 fully saturated rings. The number of nitrogens with zero attached hydrogens (tertiary/aromatic N) is 2. The number of amides is 2. The molecule has 0 saturated heterocycles. The minimum atomic E-state index is -4.15. The Balaban J connectivity index is 2.02. The van der Waals surface area contributed by atoms with Crippen LogP contribution in [0.2, 0.25) is 5.02 Å². The molecule has 0 radical (unpaired) electrons. The zero-order chi connectivity index (χ0) is 28.6. The average Bonchev–Trinajstić information content (AvgIpc) is 2.93. The molecule has 0 aliphatic carbocycles. The highest BCUT2D eigenvalue weighted by molar-refractivity contribution is 7.92. The molecule has 0 unspecified atom stereocenters. The minimum absolute atomic E-state index is 0.0322. The highest BCUT2D eigenvalue weighted by atomic mass is 35.5. The quantitative estimate of drug-likeness (QED) is 0.339. The lowest BCUT2D eigenvalue weighted by atomic mass is 10.1. The van der Waals surface area contributed by atoms with Gasteiger partial charge in [-0.25, -0.2) is 8.42 Å². The van der Waals surface area contributed by atoms with Gasteiger partial charge in [0.25, 0.3) is 10.0 Å². The van der Waals surface area contributed by atoms with Crippen LogP contribution < -0.4 is 14.4 Å². The number of hydrogen-bond acceptors (Lipinski definition) is 5. The molecule has 3 aromatic rings. The summed E-state index contributed by atoms with van der Waals surface area (Å²) in [6.07, 6.45) is 0. The van der Waals surface area contributed by atoms with Crippen molar-refractivity contribution in [2.45, 2.75) is 38.3 Å². The summed E-state index contributed by atoms with van der Waals surface area (Å²) < 4.78 is 33.9. The van der Waals surface area contributed by atoms with Gasteiger partial charge in [-0.15, -0.1) is 0 Å². The van der Waals surface area contributed by atoms with E-state index in [1.807, 2.05) is 13.8 Å². The van der Waals surface area contributed by atoms with Crippen LogP contribution >= 0.6 is 11.6 Å². The van der Waals surface area contributed by atoms with Crippen molar-refractivity contribution in [3.63, 3.8) is 0 Å². The van der Waals surface area contributed by atoms with Gasteiger partial charge in [-0.3, -0.25) is 13.9 Å². The molecule has 0 spiro atoms. The molecule has 1 atom stereocenters. The second kappa shape index (κ2) is 13.5. The fourth-order valence-corrected chi connectivity index (χ4v) is 5.52. The summed E-state index contributed by atoms with van der Waals surface area (Å²) in [5.41, 5.74) is 0.962. The first kappa shape index (κ1) is 30.0. The van der Waals surface area contributed by atoms with E-state index in [-0.39, 0.29) is 29.0 Å². The van der Waals surface area contributed by atoms with Crippen molar-refractivity contribution < 1.29 is 22.7 Å². The van der Waals surface area contributed by atoms with Gasteiger partial charge in [0, 0.05) is 24.2 Å². The molecule has 0 aliphatic heterocycles. The van der Waals surface area contributed by atoms with E-state index in [4.69, 9.17) is 16.3 Å². The number of sulfonamides is 1. The molecule has 0 aromatic heterocycles. The fourth-order valence-electron chi connectivity index (χ4n) is 3.88. The SMILES string of the molecule is COc1cccc(N(CC(=O)N(Cc2cccc(Cl)c2)[C@H](C)C(=O)NCC(C)C)S(=O)(=O)c2ccccc2)c1. The molecule has 0 heterocycles. The molecule has 208 valence electrons. The molecule has 39 heavy (non-hydrogen) atoms. The summed E-state index contributed by atoms with van der Waals surface area (Å²) in [5, 5.41) is 3.35. The van der Waals surface area contributed by atoms with E-state index in [1.165, 1.54) is 24.1 Å². The number of methoxy groups -OCH3 is 1. The van der Waals surface area contributed by atoms with Gasteiger partial charge in [-0.05, 0) is 54.8 Å². The van der Waals surface area contributed by atoms with E-state index in [9.17, 15) is 18.0 Å². The Kier molecular flexibility index (Phi) is 10.4. The van der Waals surface area contributed by atoms with Crippen LogP contribution in [0.1, 0.15) is 26.3 Å². The molecule has 8 nitrogen and oxygen atoms in total. The normalized spacial score (nSPS) is 12.1. The molecule has 0 bridgehead atoms. The van der Waals surface area contributed by atoms with Crippen LogP contribution in [0, 0.1) is 5.92 Å². The number of hydrogen-bond donors (Lipinski definition) is 1. The Bertz CT molecular complexity index is 1380.